The van der Waals surface area contributed by atoms with Crippen molar-refractivity contribution in [2.45, 2.75) is 93.6 Å². The maximum absolute atomic E-state index is 12.4. The van der Waals surface area contributed by atoms with Gasteiger partial charge in [0, 0.05) is 25.5 Å². The number of thiocarbonyl (C=S) groups is 1. The monoisotopic (exact) mass is 446 g/mol. The number of ether oxygens (including phenoxy) is 1. The predicted molar refractivity (Wildman–Crippen MR) is 124 cm³/mol. The van der Waals surface area contributed by atoms with Crippen molar-refractivity contribution >= 4 is 35.5 Å². The molecule has 0 spiro atoms. The van der Waals surface area contributed by atoms with Gasteiger partial charge in [-0.3, -0.25) is 9.59 Å². The molecule has 0 atom stereocenters. The van der Waals surface area contributed by atoms with E-state index in [9.17, 15) is 14.4 Å². The third-order valence-corrected chi connectivity index (χ3v) is 4.93. The second-order valence-electron chi connectivity index (χ2n) is 8.39. The molecule has 0 fully saturated rings. The first-order chi connectivity index (χ1) is 13.9. The van der Waals surface area contributed by atoms with Crippen LogP contribution in [0.15, 0.2) is 0 Å². The average molecular weight is 447 g/mol. The highest BCUT2D eigenvalue weighted by Crippen LogP contribution is 2.25. The molecule has 0 saturated heterocycles. The van der Waals surface area contributed by atoms with Gasteiger partial charge >= 0.3 is 5.97 Å². The lowest BCUT2D eigenvalue weighted by atomic mass is 9.90. The summed E-state index contributed by atoms with van der Waals surface area (Å²) in [4.78, 5) is 40.9. The van der Waals surface area contributed by atoms with Crippen LogP contribution in [0.25, 0.3) is 0 Å². The number of hydrogen-bond donors (Lipinski definition) is 1. The van der Waals surface area contributed by atoms with Crippen molar-refractivity contribution in [3.8, 4) is 0 Å². The lowest BCUT2D eigenvalue weighted by Gasteiger charge is -2.29. The van der Waals surface area contributed by atoms with Gasteiger partial charge in [0.05, 0.1) is 16.0 Å². The van der Waals surface area contributed by atoms with Crippen molar-refractivity contribution in [1.29, 1.82) is 0 Å². The highest BCUT2D eigenvalue weighted by Gasteiger charge is 2.33. The first kappa shape index (κ1) is 30.7. The van der Waals surface area contributed by atoms with Crippen molar-refractivity contribution < 1.29 is 24.0 Å². The smallest absolute Gasteiger partial charge is 0.338 e. The molecule has 0 rings (SSSR count). The molecule has 0 unspecified atom stereocenters. The fourth-order valence-electron chi connectivity index (χ4n) is 2.12. The lowest BCUT2D eigenvalue weighted by molar-refractivity contribution is -0.204. The van der Waals surface area contributed by atoms with E-state index in [-0.39, 0.29) is 18.4 Å². The van der Waals surface area contributed by atoms with E-state index in [1.807, 2.05) is 41.5 Å². The molecular formula is C22H42N2O5S. The van der Waals surface area contributed by atoms with Crippen LogP contribution in [0.2, 0.25) is 0 Å². The largest absolute Gasteiger partial charge is 0.379 e. The highest BCUT2D eigenvalue weighted by atomic mass is 32.1. The van der Waals surface area contributed by atoms with Crippen LogP contribution in [-0.4, -0.2) is 47.1 Å². The fraction of sp³-hybridized carbons (Fsp3) is 0.818. The Labute approximate surface area is 188 Å². The van der Waals surface area contributed by atoms with Crippen LogP contribution < -0.4 is 5.32 Å². The van der Waals surface area contributed by atoms with Gasteiger partial charge in [-0.1, -0.05) is 46.8 Å². The fourth-order valence-corrected chi connectivity index (χ4v) is 2.22. The molecule has 0 aromatic rings. The van der Waals surface area contributed by atoms with Gasteiger partial charge < -0.3 is 14.9 Å². The molecule has 0 aliphatic heterocycles. The summed E-state index contributed by atoms with van der Waals surface area (Å²) in [6.45, 7) is 18.3. The molecule has 7 nitrogen and oxygen atoms in total. The number of hydrogen-bond acceptors (Lipinski definition) is 6. The summed E-state index contributed by atoms with van der Waals surface area (Å²) in [6.07, 6.45) is 2.07. The molecule has 0 radical (unpaired) electrons. The van der Waals surface area contributed by atoms with Gasteiger partial charge in [-0.05, 0) is 47.0 Å². The molecule has 30 heavy (non-hydrogen) atoms. The third-order valence-electron chi connectivity index (χ3n) is 4.31. The molecule has 1 N–H and O–H groups in total. The number of carbonyl (C=O) groups excluding carboxylic acids is 3. The van der Waals surface area contributed by atoms with Gasteiger partial charge in [-0.25, -0.2) is 4.79 Å². The van der Waals surface area contributed by atoms with Gasteiger partial charge in [0.25, 0.3) is 12.3 Å². The Morgan fingerprint density at radius 2 is 1.70 bits per heavy atom. The number of imide groups is 1. The first-order valence-electron chi connectivity index (χ1n) is 10.8. The molecule has 2 amide bonds. The highest BCUT2D eigenvalue weighted by molar-refractivity contribution is 7.80. The van der Waals surface area contributed by atoms with Gasteiger partial charge in [0.2, 0.25) is 0 Å². The van der Waals surface area contributed by atoms with Gasteiger partial charge in [0.15, 0.2) is 0 Å². The Morgan fingerprint density at radius 1 is 1.13 bits per heavy atom. The standard InChI is InChI=1S/C20H36N2O5S.C2H6/c1-8-9-16(24)22(14-23)27-18(25)19(4,5)11-13-26-20(6,7)10-12-21-17(28)15(2)3;1-2/h14-15H,8-13H2,1-7H3,(H,21,28);1-2H3. The van der Waals surface area contributed by atoms with Crippen molar-refractivity contribution in [2.75, 3.05) is 13.2 Å². The average Bonchev–Trinajstić information content (AvgIpc) is 2.66. The number of amides is 2. The number of rotatable bonds is 12. The Balaban J connectivity index is 0. The topological polar surface area (TPSA) is 84.9 Å². The summed E-state index contributed by atoms with van der Waals surface area (Å²) < 4.78 is 5.93. The van der Waals surface area contributed by atoms with Crippen molar-refractivity contribution in [3.05, 3.63) is 0 Å². The number of carbonyl (C=O) groups is 3. The molecule has 0 aliphatic rings. The van der Waals surface area contributed by atoms with Crippen LogP contribution in [0.1, 0.15) is 88.0 Å². The Morgan fingerprint density at radius 3 is 2.17 bits per heavy atom. The molecule has 0 aliphatic carbocycles. The summed E-state index contributed by atoms with van der Waals surface area (Å²) >= 11 is 5.25. The summed E-state index contributed by atoms with van der Waals surface area (Å²) in [7, 11) is 0. The predicted octanol–water partition coefficient (Wildman–Crippen LogP) is 4.43. The molecule has 0 bridgehead atoms. The van der Waals surface area contributed by atoms with Crippen LogP contribution >= 0.6 is 12.2 Å². The Hall–Kier alpha value is -1.54. The van der Waals surface area contributed by atoms with Crippen molar-refractivity contribution in [3.63, 3.8) is 0 Å². The van der Waals surface area contributed by atoms with E-state index in [1.165, 1.54) is 0 Å². The normalized spacial score (nSPS) is 11.3. The molecule has 0 aromatic heterocycles. The zero-order valence-corrected chi connectivity index (χ0v) is 21.1. The van der Waals surface area contributed by atoms with Crippen molar-refractivity contribution in [1.82, 2.24) is 10.4 Å². The second-order valence-corrected chi connectivity index (χ2v) is 8.83. The summed E-state index contributed by atoms with van der Waals surface area (Å²) in [5, 5.41) is 3.69. The number of nitrogens with one attached hydrogen (secondary N) is 1. The Kier molecular flexibility index (Phi) is 15.6. The molecule has 0 saturated carbocycles. The van der Waals surface area contributed by atoms with E-state index in [0.717, 1.165) is 11.4 Å². The van der Waals surface area contributed by atoms with E-state index in [1.54, 1.807) is 20.8 Å². The minimum Gasteiger partial charge on any atom is -0.379 e. The zero-order valence-electron chi connectivity index (χ0n) is 20.3. The zero-order chi connectivity index (χ0) is 24.0. The van der Waals surface area contributed by atoms with Crippen LogP contribution in [0.5, 0.6) is 0 Å². The molecule has 0 heterocycles. The van der Waals surface area contributed by atoms with Crippen LogP contribution in [-0.2, 0) is 24.0 Å². The van der Waals surface area contributed by atoms with E-state index >= 15 is 0 Å². The molecule has 8 heteroatoms. The van der Waals surface area contributed by atoms with Gasteiger partial charge in [-0.15, -0.1) is 5.06 Å². The minimum atomic E-state index is -0.901. The quantitative estimate of drug-likeness (QED) is 0.270. The second kappa shape index (κ2) is 15.3. The molecule has 176 valence electrons. The van der Waals surface area contributed by atoms with Crippen LogP contribution in [0.3, 0.4) is 0 Å². The number of hydroxylamine groups is 2. The summed E-state index contributed by atoms with van der Waals surface area (Å²) in [5.74, 6) is -0.874. The third kappa shape index (κ3) is 12.9. The van der Waals surface area contributed by atoms with Crippen LogP contribution in [0, 0.1) is 11.3 Å². The SMILES string of the molecule is CC.CCCC(=O)N(C=O)OC(=O)C(C)(C)CCOC(C)(C)CCNC(=S)C(C)C. The maximum atomic E-state index is 12.4. The van der Waals surface area contributed by atoms with Crippen molar-refractivity contribution in [2.24, 2.45) is 11.3 Å². The van der Waals surface area contributed by atoms with E-state index in [0.29, 0.717) is 37.0 Å². The maximum Gasteiger partial charge on any atom is 0.338 e. The molecular weight excluding hydrogens is 404 g/mol. The Bertz CT molecular complexity index is 548. The first-order valence-corrected chi connectivity index (χ1v) is 11.2. The van der Waals surface area contributed by atoms with E-state index in [2.05, 4.69) is 5.32 Å². The lowest BCUT2D eigenvalue weighted by Crippen LogP contribution is -2.39. The minimum absolute atomic E-state index is 0.137. The summed E-state index contributed by atoms with van der Waals surface area (Å²) in [5.41, 5.74) is -1.28. The van der Waals surface area contributed by atoms with E-state index < -0.39 is 17.3 Å². The number of nitrogens with zero attached hydrogens (tertiary/aromatic N) is 1. The molecule has 0 aromatic carbocycles. The van der Waals surface area contributed by atoms with Crippen LogP contribution in [0.4, 0.5) is 0 Å². The van der Waals surface area contributed by atoms with Gasteiger partial charge in [-0.2, -0.15) is 0 Å². The van der Waals surface area contributed by atoms with Gasteiger partial charge in [0.1, 0.15) is 0 Å². The van der Waals surface area contributed by atoms with E-state index in [4.69, 9.17) is 21.8 Å². The summed E-state index contributed by atoms with van der Waals surface area (Å²) in [6, 6.07) is 0.